The van der Waals surface area contributed by atoms with Crippen LogP contribution in [-0.2, 0) is 0 Å². The molecule has 4 atom stereocenters. The predicted octanol–water partition coefficient (Wildman–Crippen LogP) is 2.03. The van der Waals surface area contributed by atoms with Gasteiger partial charge >= 0.3 is 0 Å². The van der Waals surface area contributed by atoms with Crippen molar-refractivity contribution >= 4 is 33.5 Å². The molecule has 12 heteroatoms. The summed E-state index contributed by atoms with van der Waals surface area (Å²) in [4.78, 5) is 10.2. The van der Waals surface area contributed by atoms with E-state index in [-0.39, 0.29) is 17.9 Å². The van der Waals surface area contributed by atoms with Gasteiger partial charge in [-0.05, 0) is 30.0 Å². The van der Waals surface area contributed by atoms with Crippen molar-refractivity contribution in [3.05, 3.63) is 64.2 Å². The Labute approximate surface area is 199 Å². The monoisotopic (exact) mass is 486 g/mol. The van der Waals surface area contributed by atoms with Gasteiger partial charge in [-0.3, -0.25) is 10.1 Å². The highest BCUT2D eigenvalue weighted by Gasteiger charge is 2.30. The molecule has 0 spiro atoms. The zero-order valence-corrected chi connectivity index (χ0v) is 18.7. The number of phenolic OH excluding ortho intramolecular Hbond substituents is 1. The Morgan fingerprint density at radius 3 is 2.34 bits per heavy atom. The highest BCUT2D eigenvalue weighted by atomic mass is 16.6. The van der Waals surface area contributed by atoms with Gasteiger partial charge in [0.05, 0.1) is 29.4 Å². The number of non-ortho nitro benzene ring substituents is 1. The van der Waals surface area contributed by atoms with Gasteiger partial charge in [0.25, 0.3) is 5.69 Å². The molecule has 0 radical (unpaired) electrons. The van der Waals surface area contributed by atoms with Crippen LogP contribution in [-0.4, -0.2) is 73.1 Å². The minimum absolute atomic E-state index is 0.00257. The quantitative estimate of drug-likeness (QED) is 0.127. The fourth-order valence-electron chi connectivity index (χ4n) is 3.46. The Morgan fingerprint density at radius 2 is 1.69 bits per heavy atom. The number of anilines is 1. The lowest BCUT2D eigenvalue weighted by molar-refractivity contribution is -0.384. The number of aromatic hydroxyl groups is 1. The number of hydrogen-bond donors (Lipinski definition) is 7. The van der Waals surface area contributed by atoms with E-state index in [1.165, 1.54) is 12.1 Å². The first-order valence-electron chi connectivity index (χ1n) is 10.6. The molecule has 0 aromatic heterocycles. The number of nitrogens with one attached hydrogen (secondary N) is 1. The van der Waals surface area contributed by atoms with Crippen LogP contribution in [0.1, 0.15) is 5.56 Å². The second-order valence-corrected chi connectivity index (χ2v) is 7.94. The Morgan fingerprint density at radius 1 is 0.971 bits per heavy atom. The van der Waals surface area contributed by atoms with Gasteiger partial charge in [0.15, 0.2) is 0 Å². The van der Waals surface area contributed by atoms with Gasteiger partial charge in [-0.2, -0.15) is 0 Å². The number of nitro groups is 1. The Kier molecular flexibility index (Phi) is 8.27. The zero-order chi connectivity index (χ0) is 25.7. The SMILES string of the molecule is Cc1cccc2c(N=Nc3ccc([N+](=O)[O-])cc3O)c(NCC(O)C(O)C(O)C(O)CO)ccc12. The average molecular weight is 486 g/mol. The van der Waals surface area contributed by atoms with Gasteiger partial charge in [0.2, 0.25) is 0 Å². The van der Waals surface area contributed by atoms with Crippen LogP contribution in [0.4, 0.5) is 22.7 Å². The second-order valence-electron chi connectivity index (χ2n) is 7.94. The number of rotatable bonds is 10. The number of hydrogen-bond acceptors (Lipinski definition) is 11. The lowest BCUT2D eigenvalue weighted by atomic mass is 10.0. The summed E-state index contributed by atoms with van der Waals surface area (Å²) in [5.74, 6) is -0.427. The molecule has 0 aliphatic heterocycles. The average Bonchev–Trinajstić information content (AvgIpc) is 2.85. The maximum Gasteiger partial charge on any atom is 0.273 e. The summed E-state index contributed by atoms with van der Waals surface area (Å²) in [6, 6.07) is 12.4. The molecule has 3 aromatic rings. The van der Waals surface area contributed by atoms with E-state index in [0.717, 1.165) is 17.0 Å². The number of aryl methyl sites for hydroxylation is 1. The lowest BCUT2D eigenvalue weighted by Gasteiger charge is -2.26. The molecule has 0 amide bonds. The molecule has 12 nitrogen and oxygen atoms in total. The van der Waals surface area contributed by atoms with Gasteiger partial charge in [0.1, 0.15) is 35.4 Å². The first-order chi connectivity index (χ1) is 16.6. The van der Waals surface area contributed by atoms with Crippen LogP contribution in [0.3, 0.4) is 0 Å². The van der Waals surface area contributed by atoms with Crippen LogP contribution in [0.15, 0.2) is 58.8 Å². The van der Waals surface area contributed by atoms with E-state index in [2.05, 4.69) is 15.5 Å². The summed E-state index contributed by atoms with van der Waals surface area (Å²) >= 11 is 0. The summed E-state index contributed by atoms with van der Waals surface area (Å²) in [6.07, 6.45) is -6.64. The molecule has 3 rings (SSSR count). The fourth-order valence-corrected chi connectivity index (χ4v) is 3.46. The van der Waals surface area contributed by atoms with E-state index in [4.69, 9.17) is 5.11 Å². The van der Waals surface area contributed by atoms with Gasteiger partial charge in [-0.25, -0.2) is 0 Å². The summed E-state index contributed by atoms with van der Waals surface area (Å²) in [7, 11) is 0. The summed E-state index contributed by atoms with van der Waals surface area (Å²) in [5.41, 5.74) is 1.40. The first-order valence-corrected chi connectivity index (χ1v) is 10.6. The second kappa shape index (κ2) is 11.2. The van der Waals surface area contributed by atoms with E-state index in [1.54, 1.807) is 12.1 Å². The fraction of sp³-hybridized carbons (Fsp3) is 0.304. The van der Waals surface area contributed by atoms with Gasteiger partial charge in [0, 0.05) is 18.0 Å². The van der Waals surface area contributed by atoms with Gasteiger partial charge in [-0.1, -0.05) is 24.3 Å². The summed E-state index contributed by atoms with van der Waals surface area (Å²) in [6.45, 7) is 0.869. The number of phenols is 1. The van der Waals surface area contributed by atoms with Crippen LogP contribution < -0.4 is 5.32 Å². The van der Waals surface area contributed by atoms with E-state index >= 15 is 0 Å². The van der Waals surface area contributed by atoms with Crippen LogP contribution in [0.5, 0.6) is 5.75 Å². The zero-order valence-electron chi connectivity index (χ0n) is 18.7. The maximum atomic E-state index is 10.9. The molecule has 0 bridgehead atoms. The van der Waals surface area contributed by atoms with Crippen LogP contribution >= 0.6 is 0 Å². The summed E-state index contributed by atoms with van der Waals surface area (Å²) in [5, 5.41) is 82.3. The van der Waals surface area contributed by atoms with Gasteiger partial charge < -0.3 is 36.0 Å². The summed E-state index contributed by atoms with van der Waals surface area (Å²) < 4.78 is 0. The lowest BCUT2D eigenvalue weighted by Crippen LogP contribution is -2.48. The first kappa shape index (κ1) is 25.9. The van der Waals surface area contributed by atoms with E-state index in [9.17, 15) is 35.6 Å². The number of aliphatic hydroxyl groups is 5. The molecule has 0 aliphatic rings. The van der Waals surface area contributed by atoms with E-state index in [0.29, 0.717) is 16.8 Å². The number of fused-ring (bicyclic) bond motifs is 1. The third kappa shape index (κ3) is 5.88. The Bertz CT molecular complexity index is 1240. The van der Waals surface area contributed by atoms with Crippen LogP contribution in [0, 0.1) is 17.0 Å². The van der Waals surface area contributed by atoms with Crippen molar-refractivity contribution in [2.75, 3.05) is 18.5 Å². The smallest absolute Gasteiger partial charge is 0.273 e. The number of aliphatic hydroxyl groups excluding tert-OH is 5. The van der Waals surface area contributed by atoms with E-state index in [1.807, 2.05) is 25.1 Å². The number of nitro benzene ring substituents is 1. The van der Waals surface area contributed by atoms with Crippen molar-refractivity contribution in [1.29, 1.82) is 0 Å². The Balaban J connectivity index is 1.93. The molecule has 0 aliphatic carbocycles. The third-order valence-electron chi connectivity index (χ3n) is 5.51. The number of benzene rings is 3. The predicted molar refractivity (Wildman–Crippen MR) is 127 cm³/mol. The molecule has 0 saturated heterocycles. The van der Waals surface area contributed by atoms with Crippen LogP contribution in [0.25, 0.3) is 10.8 Å². The van der Waals surface area contributed by atoms with Crippen molar-refractivity contribution in [1.82, 2.24) is 0 Å². The van der Waals surface area contributed by atoms with Crippen LogP contribution in [0.2, 0.25) is 0 Å². The molecule has 4 unspecified atom stereocenters. The highest BCUT2D eigenvalue weighted by molar-refractivity contribution is 6.00. The van der Waals surface area contributed by atoms with Crippen molar-refractivity contribution in [3.8, 4) is 5.75 Å². The van der Waals surface area contributed by atoms with Crippen molar-refractivity contribution in [2.24, 2.45) is 10.2 Å². The molecule has 35 heavy (non-hydrogen) atoms. The van der Waals surface area contributed by atoms with Crippen molar-refractivity contribution in [3.63, 3.8) is 0 Å². The topological polar surface area (TPSA) is 201 Å². The molecule has 3 aromatic carbocycles. The molecule has 0 saturated carbocycles. The standard InChI is InChI=1S/C23H26N4O8/c1-12-3-2-4-15-14(12)6-8-17(24-10-19(30)22(32)23(33)20(31)11-28)21(15)26-25-16-7-5-13(27(34)35)9-18(16)29/h2-9,19-20,22-24,28-33H,10-11H2,1H3. The third-order valence-corrected chi connectivity index (χ3v) is 5.51. The molecular formula is C23H26N4O8. The number of nitrogens with zero attached hydrogens (tertiary/aromatic N) is 3. The maximum absolute atomic E-state index is 10.9. The largest absolute Gasteiger partial charge is 0.505 e. The molecule has 0 heterocycles. The minimum atomic E-state index is -1.76. The number of azo groups is 1. The molecule has 0 fully saturated rings. The minimum Gasteiger partial charge on any atom is -0.505 e. The Hall–Kier alpha value is -3.68. The molecular weight excluding hydrogens is 460 g/mol. The van der Waals surface area contributed by atoms with Crippen molar-refractivity contribution in [2.45, 2.75) is 31.3 Å². The van der Waals surface area contributed by atoms with E-state index < -0.39 is 41.7 Å². The normalized spacial score (nSPS) is 15.1. The molecule has 7 N–H and O–H groups in total. The molecule has 186 valence electrons. The van der Waals surface area contributed by atoms with Gasteiger partial charge in [-0.15, -0.1) is 10.2 Å². The highest BCUT2D eigenvalue weighted by Crippen LogP contribution is 2.38. The van der Waals surface area contributed by atoms with Crippen molar-refractivity contribution < 1.29 is 35.6 Å².